The van der Waals surface area contributed by atoms with Crippen LogP contribution in [0.1, 0.15) is 38.7 Å². The molecule has 1 fully saturated rings. The van der Waals surface area contributed by atoms with Gasteiger partial charge in [-0.3, -0.25) is 14.5 Å². The molecular weight excluding hydrogens is 346 g/mol. The molecule has 1 aromatic carbocycles. The van der Waals surface area contributed by atoms with Crippen molar-refractivity contribution in [2.45, 2.75) is 51.6 Å². The Balaban J connectivity index is 1.81. The van der Waals surface area contributed by atoms with Gasteiger partial charge in [-0.1, -0.05) is 50.6 Å². The molecular formula is C20H29N3O4. The second-order valence-electron chi connectivity index (χ2n) is 7.01. The number of nitrogens with zero attached hydrogens (tertiary/aromatic N) is 1. The SMILES string of the molecule is CC[C@H](C)[C@H](CO)NC(=O)CC[C@H]1NC(=O)N(CCc2ccccc2)C1=O. The maximum atomic E-state index is 12.5. The molecule has 1 aliphatic rings. The summed E-state index contributed by atoms with van der Waals surface area (Å²) in [5, 5.41) is 14.8. The topological polar surface area (TPSA) is 98.7 Å². The van der Waals surface area contributed by atoms with E-state index in [-0.39, 0.29) is 43.2 Å². The Kier molecular flexibility index (Phi) is 7.79. The first kappa shape index (κ1) is 20.9. The molecule has 2 rings (SSSR count). The summed E-state index contributed by atoms with van der Waals surface area (Å²) in [6.07, 6.45) is 1.81. The van der Waals surface area contributed by atoms with E-state index in [1.165, 1.54) is 4.90 Å². The highest BCUT2D eigenvalue weighted by atomic mass is 16.3. The number of benzene rings is 1. The quantitative estimate of drug-likeness (QED) is 0.539. The predicted molar refractivity (Wildman–Crippen MR) is 102 cm³/mol. The van der Waals surface area contributed by atoms with Gasteiger partial charge < -0.3 is 15.7 Å². The average Bonchev–Trinajstić information content (AvgIpc) is 2.96. The van der Waals surface area contributed by atoms with E-state index in [0.717, 1.165) is 12.0 Å². The van der Waals surface area contributed by atoms with Crippen molar-refractivity contribution in [2.75, 3.05) is 13.2 Å². The number of aliphatic hydroxyl groups is 1. The number of carbonyl (C=O) groups is 3. The number of rotatable bonds is 10. The van der Waals surface area contributed by atoms with Crippen LogP contribution >= 0.6 is 0 Å². The predicted octanol–water partition coefficient (Wildman–Crippen LogP) is 1.45. The molecule has 4 amide bonds. The molecule has 0 saturated carbocycles. The lowest BCUT2D eigenvalue weighted by atomic mass is 9.99. The summed E-state index contributed by atoms with van der Waals surface area (Å²) in [5.41, 5.74) is 1.06. The molecule has 0 unspecified atom stereocenters. The van der Waals surface area contributed by atoms with Crippen LogP contribution in [0.15, 0.2) is 30.3 Å². The summed E-state index contributed by atoms with van der Waals surface area (Å²) >= 11 is 0. The molecule has 3 atom stereocenters. The van der Waals surface area contributed by atoms with E-state index in [1.807, 2.05) is 44.2 Å². The van der Waals surface area contributed by atoms with Crippen molar-refractivity contribution in [3.05, 3.63) is 35.9 Å². The summed E-state index contributed by atoms with van der Waals surface area (Å²) in [6.45, 7) is 4.16. The zero-order chi connectivity index (χ0) is 19.8. The number of aliphatic hydroxyl groups excluding tert-OH is 1. The fraction of sp³-hybridized carbons (Fsp3) is 0.550. The zero-order valence-electron chi connectivity index (χ0n) is 16.0. The molecule has 0 aliphatic carbocycles. The summed E-state index contributed by atoms with van der Waals surface area (Å²) in [5.74, 6) is -0.344. The van der Waals surface area contributed by atoms with Crippen molar-refractivity contribution >= 4 is 17.8 Å². The van der Waals surface area contributed by atoms with Gasteiger partial charge in [0, 0.05) is 13.0 Å². The highest BCUT2D eigenvalue weighted by molar-refractivity contribution is 6.04. The second-order valence-corrected chi connectivity index (χ2v) is 7.01. The van der Waals surface area contributed by atoms with Gasteiger partial charge in [0.15, 0.2) is 0 Å². The van der Waals surface area contributed by atoms with E-state index in [2.05, 4.69) is 10.6 Å². The van der Waals surface area contributed by atoms with Gasteiger partial charge in [-0.15, -0.1) is 0 Å². The lowest BCUT2D eigenvalue weighted by Gasteiger charge is -2.22. The summed E-state index contributed by atoms with van der Waals surface area (Å²) < 4.78 is 0. The van der Waals surface area contributed by atoms with Crippen LogP contribution in [0.4, 0.5) is 4.79 Å². The molecule has 7 nitrogen and oxygen atoms in total. The van der Waals surface area contributed by atoms with Gasteiger partial charge in [-0.25, -0.2) is 4.79 Å². The van der Waals surface area contributed by atoms with Gasteiger partial charge in [-0.2, -0.15) is 0 Å². The minimum Gasteiger partial charge on any atom is -0.394 e. The van der Waals surface area contributed by atoms with Gasteiger partial charge in [0.1, 0.15) is 6.04 Å². The van der Waals surface area contributed by atoms with Crippen LogP contribution in [-0.4, -0.2) is 53.1 Å². The van der Waals surface area contributed by atoms with Crippen molar-refractivity contribution in [3.63, 3.8) is 0 Å². The maximum absolute atomic E-state index is 12.5. The van der Waals surface area contributed by atoms with E-state index < -0.39 is 12.1 Å². The van der Waals surface area contributed by atoms with Crippen LogP contribution < -0.4 is 10.6 Å². The molecule has 7 heteroatoms. The van der Waals surface area contributed by atoms with Crippen molar-refractivity contribution in [1.82, 2.24) is 15.5 Å². The molecule has 0 radical (unpaired) electrons. The van der Waals surface area contributed by atoms with Crippen LogP contribution in [0.25, 0.3) is 0 Å². The Morgan fingerprint density at radius 2 is 2.00 bits per heavy atom. The van der Waals surface area contributed by atoms with Crippen molar-refractivity contribution in [3.8, 4) is 0 Å². The van der Waals surface area contributed by atoms with Crippen LogP contribution in [0.3, 0.4) is 0 Å². The van der Waals surface area contributed by atoms with Crippen LogP contribution in [0.2, 0.25) is 0 Å². The monoisotopic (exact) mass is 375 g/mol. The van der Waals surface area contributed by atoms with E-state index in [1.54, 1.807) is 0 Å². The van der Waals surface area contributed by atoms with Crippen molar-refractivity contribution < 1.29 is 19.5 Å². The molecule has 0 bridgehead atoms. The van der Waals surface area contributed by atoms with Crippen molar-refractivity contribution in [1.29, 1.82) is 0 Å². The third-order valence-corrected chi connectivity index (χ3v) is 5.11. The third kappa shape index (κ3) is 5.79. The van der Waals surface area contributed by atoms with Gasteiger partial charge >= 0.3 is 6.03 Å². The molecule has 0 spiro atoms. The van der Waals surface area contributed by atoms with Gasteiger partial charge in [-0.05, 0) is 24.3 Å². The first-order valence-electron chi connectivity index (χ1n) is 9.52. The van der Waals surface area contributed by atoms with Gasteiger partial charge in [0.2, 0.25) is 5.91 Å². The van der Waals surface area contributed by atoms with Crippen LogP contribution in [0.5, 0.6) is 0 Å². The average molecular weight is 375 g/mol. The third-order valence-electron chi connectivity index (χ3n) is 5.11. The molecule has 3 N–H and O–H groups in total. The summed E-state index contributed by atoms with van der Waals surface area (Å²) in [7, 11) is 0. The normalized spacial score (nSPS) is 18.9. The molecule has 1 aliphatic heterocycles. The summed E-state index contributed by atoms with van der Waals surface area (Å²) in [4.78, 5) is 37.9. The number of hydrogen-bond acceptors (Lipinski definition) is 4. The smallest absolute Gasteiger partial charge is 0.324 e. The molecule has 148 valence electrons. The van der Waals surface area contributed by atoms with E-state index in [4.69, 9.17) is 0 Å². The molecule has 1 saturated heterocycles. The Labute approximate surface area is 160 Å². The Morgan fingerprint density at radius 1 is 1.30 bits per heavy atom. The minimum absolute atomic E-state index is 0.118. The lowest BCUT2D eigenvalue weighted by molar-refractivity contribution is -0.127. The number of imide groups is 1. The van der Waals surface area contributed by atoms with E-state index >= 15 is 0 Å². The number of carbonyl (C=O) groups excluding carboxylic acids is 3. The molecule has 0 aromatic heterocycles. The highest BCUT2D eigenvalue weighted by Gasteiger charge is 2.37. The second kappa shape index (κ2) is 10.1. The van der Waals surface area contributed by atoms with Crippen molar-refractivity contribution in [2.24, 2.45) is 5.92 Å². The van der Waals surface area contributed by atoms with Gasteiger partial charge in [0.25, 0.3) is 5.91 Å². The highest BCUT2D eigenvalue weighted by Crippen LogP contribution is 2.13. The number of amides is 4. The van der Waals surface area contributed by atoms with Crippen LogP contribution in [0, 0.1) is 5.92 Å². The summed E-state index contributed by atoms with van der Waals surface area (Å²) in [6, 6.07) is 8.29. The van der Waals surface area contributed by atoms with E-state index in [0.29, 0.717) is 13.0 Å². The lowest BCUT2D eigenvalue weighted by Crippen LogP contribution is -2.42. The Bertz CT molecular complexity index is 650. The first-order chi connectivity index (χ1) is 13.0. The number of urea groups is 1. The van der Waals surface area contributed by atoms with Gasteiger partial charge in [0.05, 0.1) is 12.6 Å². The fourth-order valence-electron chi connectivity index (χ4n) is 3.08. The first-order valence-corrected chi connectivity index (χ1v) is 9.52. The molecule has 1 aromatic rings. The van der Waals surface area contributed by atoms with Crippen LogP contribution in [-0.2, 0) is 16.0 Å². The zero-order valence-corrected chi connectivity index (χ0v) is 16.0. The number of hydrogen-bond donors (Lipinski definition) is 3. The Morgan fingerprint density at radius 3 is 2.63 bits per heavy atom. The maximum Gasteiger partial charge on any atom is 0.324 e. The largest absolute Gasteiger partial charge is 0.394 e. The minimum atomic E-state index is -0.671. The Hall–Kier alpha value is -2.41. The number of nitrogens with one attached hydrogen (secondary N) is 2. The van der Waals surface area contributed by atoms with E-state index in [9.17, 15) is 19.5 Å². The molecule has 1 heterocycles. The fourth-order valence-corrected chi connectivity index (χ4v) is 3.08. The standard InChI is InChI=1S/C20H29N3O4/c1-3-14(2)17(13-24)21-18(25)10-9-16-19(26)23(20(27)22-16)12-11-15-7-5-4-6-8-15/h4-8,14,16-17,24H,3,9-13H2,1-2H3,(H,21,25)(H,22,27)/t14-,16+,17-/m0/s1. The molecule has 27 heavy (non-hydrogen) atoms.